The number of anilines is 1. The maximum Gasteiger partial charge on any atom is 0.301 e. The van der Waals surface area contributed by atoms with Crippen LogP contribution in [0.5, 0.6) is 11.5 Å². The SMILES string of the molecule is CCCOc1cccc(C2C(=C(O)c3ccc(OCC)cc3)C(=O)C(=O)N2c2nnc(SCc3cccc4ccccc34)s2)c1. The van der Waals surface area contributed by atoms with Gasteiger partial charge in [-0.05, 0) is 71.6 Å². The van der Waals surface area contributed by atoms with Crippen LogP contribution in [0.1, 0.15) is 43.0 Å². The molecule has 1 fully saturated rings. The van der Waals surface area contributed by atoms with Gasteiger partial charge in [-0.1, -0.05) is 84.6 Å². The zero-order valence-corrected chi connectivity index (χ0v) is 26.4. The summed E-state index contributed by atoms with van der Waals surface area (Å²) in [5.74, 6) is 0.0328. The van der Waals surface area contributed by atoms with Gasteiger partial charge in [0.05, 0.1) is 24.8 Å². The number of rotatable bonds is 11. The van der Waals surface area contributed by atoms with Crippen molar-refractivity contribution in [1.82, 2.24) is 10.2 Å². The predicted molar refractivity (Wildman–Crippen MR) is 178 cm³/mol. The number of carbonyl (C=O) groups is 2. The summed E-state index contributed by atoms with van der Waals surface area (Å²) in [4.78, 5) is 28.7. The number of benzene rings is 4. The molecule has 1 aromatic heterocycles. The first-order chi connectivity index (χ1) is 22.0. The molecule has 0 saturated carbocycles. The number of ether oxygens (including phenoxy) is 2. The third-order valence-corrected chi connectivity index (χ3v) is 9.47. The lowest BCUT2D eigenvalue weighted by Gasteiger charge is -2.23. The van der Waals surface area contributed by atoms with Crippen molar-refractivity contribution in [2.75, 3.05) is 18.1 Å². The van der Waals surface area contributed by atoms with Gasteiger partial charge >= 0.3 is 5.91 Å². The molecule has 10 heteroatoms. The Morgan fingerprint density at radius 3 is 2.49 bits per heavy atom. The number of aromatic nitrogens is 2. The van der Waals surface area contributed by atoms with Crippen LogP contribution in [-0.4, -0.2) is 40.2 Å². The minimum atomic E-state index is -0.939. The van der Waals surface area contributed by atoms with Crippen molar-refractivity contribution in [2.45, 2.75) is 36.4 Å². The number of carbonyl (C=O) groups excluding carboxylic acids is 2. The summed E-state index contributed by atoms with van der Waals surface area (Å²) in [5.41, 5.74) is 2.13. The highest BCUT2D eigenvalue weighted by molar-refractivity contribution is 8.00. The van der Waals surface area contributed by atoms with Crippen LogP contribution in [0.4, 0.5) is 5.13 Å². The molecule has 0 aliphatic carbocycles. The average molecular weight is 638 g/mol. The van der Waals surface area contributed by atoms with E-state index in [9.17, 15) is 14.7 Å². The van der Waals surface area contributed by atoms with Crippen LogP contribution >= 0.6 is 23.1 Å². The molecule has 1 atom stereocenters. The standard InChI is InChI=1S/C35H31N3O5S2/c1-3-19-43-27-13-8-11-24(20-27)30-29(31(39)23-15-17-26(18-16-23)42-4-2)32(40)33(41)38(30)34-36-37-35(45-34)44-21-25-12-7-10-22-9-5-6-14-28(22)25/h5-18,20,30,39H,3-4,19,21H2,1-2H3. The first-order valence-electron chi connectivity index (χ1n) is 14.7. The van der Waals surface area contributed by atoms with Crippen LogP contribution in [0, 0.1) is 0 Å². The first-order valence-corrected chi connectivity index (χ1v) is 16.5. The molecule has 1 aliphatic rings. The molecule has 1 N–H and O–H groups in total. The van der Waals surface area contributed by atoms with E-state index in [1.54, 1.807) is 30.3 Å². The third-order valence-electron chi connectivity index (χ3n) is 7.36. The van der Waals surface area contributed by atoms with Crippen LogP contribution < -0.4 is 14.4 Å². The molecule has 45 heavy (non-hydrogen) atoms. The Morgan fingerprint density at radius 1 is 0.911 bits per heavy atom. The van der Waals surface area contributed by atoms with Gasteiger partial charge in [-0.2, -0.15) is 0 Å². The number of amides is 1. The molecule has 2 heterocycles. The van der Waals surface area contributed by atoms with E-state index in [0.717, 1.165) is 17.4 Å². The second-order valence-electron chi connectivity index (χ2n) is 10.3. The average Bonchev–Trinajstić information content (AvgIpc) is 3.64. The molecule has 6 rings (SSSR count). The van der Waals surface area contributed by atoms with E-state index in [0.29, 0.717) is 45.9 Å². The van der Waals surface area contributed by atoms with Crippen LogP contribution in [0.15, 0.2) is 101 Å². The Labute approximate surface area is 269 Å². The molecule has 1 amide bonds. The fourth-order valence-corrected chi connectivity index (χ4v) is 7.16. The van der Waals surface area contributed by atoms with Crippen LogP contribution in [0.25, 0.3) is 16.5 Å². The van der Waals surface area contributed by atoms with Gasteiger partial charge < -0.3 is 14.6 Å². The second kappa shape index (κ2) is 13.5. The minimum Gasteiger partial charge on any atom is -0.507 e. The van der Waals surface area contributed by atoms with Gasteiger partial charge in [0.1, 0.15) is 17.3 Å². The summed E-state index contributed by atoms with van der Waals surface area (Å²) in [6.07, 6.45) is 0.824. The zero-order valence-electron chi connectivity index (χ0n) is 24.8. The number of thioether (sulfide) groups is 1. The quantitative estimate of drug-likeness (QED) is 0.0515. The molecule has 0 spiro atoms. The Morgan fingerprint density at radius 2 is 1.69 bits per heavy atom. The lowest BCUT2D eigenvalue weighted by Crippen LogP contribution is -2.29. The van der Waals surface area contributed by atoms with Crippen molar-refractivity contribution in [3.05, 3.63) is 113 Å². The molecule has 5 aromatic rings. The van der Waals surface area contributed by atoms with E-state index in [4.69, 9.17) is 9.47 Å². The van der Waals surface area contributed by atoms with E-state index in [-0.39, 0.29) is 16.5 Å². The highest BCUT2D eigenvalue weighted by Crippen LogP contribution is 2.45. The van der Waals surface area contributed by atoms with Crippen LogP contribution in [0.3, 0.4) is 0 Å². The fourth-order valence-electron chi connectivity index (χ4n) is 5.29. The number of hydrogen-bond donors (Lipinski definition) is 1. The number of Topliss-reactive ketones (excluding diaryl/α,β-unsaturated/α-hetero) is 1. The molecule has 0 radical (unpaired) electrons. The van der Waals surface area contributed by atoms with Crippen molar-refractivity contribution in [2.24, 2.45) is 0 Å². The van der Waals surface area contributed by atoms with Gasteiger partial charge in [0.25, 0.3) is 5.78 Å². The van der Waals surface area contributed by atoms with Crippen molar-refractivity contribution in [1.29, 1.82) is 0 Å². The number of ketones is 1. The van der Waals surface area contributed by atoms with Crippen molar-refractivity contribution < 1.29 is 24.2 Å². The van der Waals surface area contributed by atoms with Gasteiger partial charge in [0.2, 0.25) is 5.13 Å². The summed E-state index contributed by atoms with van der Waals surface area (Å²) in [6.45, 7) is 4.91. The monoisotopic (exact) mass is 637 g/mol. The Bertz CT molecular complexity index is 1880. The highest BCUT2D eigenvalue weighted by Gasteiger charge is 2.48. The summed E-state index contributed by atoms with van der Waals surface area (Å²) in [5, 5.41) is 22.8. The van der Waals surface area contributed by atoms with Crippen molar-refractivity contribution in [3.63, 3.8) is 0 Å². The highest BCUT2D eigenvalue weighted by atomic mass is 32.2. The van der Waals surface area contributed by atoms with E-state index in [2.05, 4.69) is 34.5 Å². The largest absolute Gasteiger partial charge is 0.507 e. The maximum atomic E-state index is 13.7. The topological polar surface area (TPSA) is 102 Å². The number of nitrogens with zero attached hydrogens (tertiary/aromatic N) is 3. The summed E-state index contributed by atoms with van der Waals surface area (Å²) in [6, 6.07) is 27.5. The van der Waals surface area contributed by atoms with Crippen LogP contribution in [-0.2, 0) is 15.3 Å². The Kier molecular flexibility index (Phi) is 9.13. The predicted octanol–water partition coefficient (Wildman–Crippen LogP) is 7.80. The van der Waals surface area contributed by atoms with Gasteiger partial charge in [-0.25, -0.2) is 0 Å². The molecular weight excluding hydrogens is 607 g/mol. The second-order valence-corrected chi connectivity index (χ2v) is 12.5. The van der Waals surface area contributed by atoms with E-state index < -0.39 is 17.7 Å². The normalized spacial score (nSPS) is 16.0. The summed E-state index contributed by atoms with van der Waals surface area (Å²) >= 11 is 2.75. The van der Waals surface area contributed by atoms with Gasteiger partial charge in [-0.3, -0.25) is 14.5 Å². The summed E-state index contributed by atoms with van der Waals surface area (Å²) < 4.78 is 12.1. The number of aliphatic hydroxyl groups is 1. The van der Waals surface area contributed by atoms with Gasteiger partial charge in [0.15, 0.2) is 4.34 Å². The van der Waals surface area contributed by atoms with E-state index in [1.165, 1.54) is 33.4 Å². The summed E-state index contributed by atoms with van der Waals surface area (Å²) in [7, 11) is 0. The molecule has 228 valence electrons. The number of aliphatic hydroxyl groups excluding tert-OH is 1. The maximum absolute atomic E-state index is 13.7. The lowest BCUT2D eigenvalue weighted by molar-refractivity contribution is -0.132. The van der Waals surface area contributed by atoms with Gasteiger partial charge in [0, 0.05) is 11.3 Å². The van der Waals surface area contributed by atoms with E-state index in [1.807, 2.05) is 50.2 Å². The lowest BCUT2D eigenvalue weighted by atomic mass is 9.95. The third kappa shape index (κ3) is 6.29. The molecule has 8 nitrogen and oxygen atoms in total. The molecule has 1 saturated heterocycles. The molecule has 0 bridgehead atoms. The Hall–Kier alpha value is -4.67. The molecule has 4 aromatic carbocycles. The smallest absolute Gasteiger partial charge is 0.301 e. The fraction of sp³-hybridized carbons (Fsp3) is 0.200. The van der Waals surface area contributed by atoms with Crippen LogP contribution in [0.2, 0.25) is 0 Å². The first kappa shape index (κ1) is 30.4. The van der Waals surface area contributed by atoms with E-state index >= 15 is 0 Å². The zero-order chi connectivity index (χ0) is 31.3. The number of hydrogen-bond acceptors (Lipinski definition) is 9. The molecule has 1 unspecified atom stereocenters. The van der Waals surface area contributed by atoms with Crippen molar-refractivity contribution in [3.8, 4) is 11.5 Å². The Balaban J connectivity index is 1.37. The molecule has 1 aliphatic heterocycles. The molecular formula is C35H31N3O5S2. The van der Waals surface area contributed by atoms with Gasteiger partial charge in [-0.15, -0.1) is 10.2 Å². The number of fused-ring (bicyclic) bond motifs is 1. The van der Waals surface area contributed by atoms with Crippen molar-refractivity contribution >= 4 is 56.5 Å². The minimum absolute atomic E-state index is 0.0306.